The normalized spacial score (nSPS) is 17.6. The molecule has 0 radical (unpaired) electrons. The smallest absolute Gasteiger partial charge is 0.203 e. The molecule has 0 amide bonds. The van der Waals surface area contributed by atoms with Crippen LogP contribution in [-0.4, -0.2) is 62.9 Å². The van der Waals surface area contributed by atoms with E-state index < -0.39 is 15.5 Å². The molecule has 1 unspecified atom stereocenters. The topological polar surface area (TPSA) is 121 Å². The van der Waals surface area contributed by atoms with Crippen molar-refractivity contribution in [2.75, 3.05) is 49.9 Å². The van der Waals surface area contributed by atoms with Crippen molar-refractivity contribution in [3.8, 4) is 11.3 Å². The number of likely N-dealkylation sites (N-methyl/N-ethyl adjacent to an activating group) is 1. The van der Waals surface area contributed by atoms with Crippen molar-refractivity contribution in [2.24, 2.45) is 0 Å². The summed E-state index contributed by atoms with van der Waals surface area (Å²) in [5.41, 5.74) is 4.10. The Kier molecular flexibility index (Phi) is 12.3. The first-order valence-electron chi connectivity index (χ1n) is 15.7. The first-order valence-corrected chi connectivity index (χ1v) is 18.0. The fourth-order valence-electron chi connectivity index (χ4n) is 6.33. The lowest BCUT2D eigenvalue weighted by Crippen LogP contribution is -2.41. The third-order valence-electron chi connectivity index (χ3n) is 8.68. The monoisotopic (exact) mass is 670 g/mol. The number of hydrogen-bond acceptors (Lipinski definition) is 10. The van der Waals surface area contributed by atoms with Crippen LogP contribution in [0.5, 0.6) is 0 Å². The van der Waals surface area contributed by atoms with Crippen LogP contribution in [0.3, 0.4) is 0 Å². The second-order valence-electron chi connectivity index (χ2n) is 11.5. The van der Waals surface area contributed by atoms with E-state index in [1.54, 1.807) is 6.07 Å². The molecule has 46 heavy (non-hydrogen) atoms. The Morgan fingerprint density at radius 2 is 1.83 bits per heavy atom. The summed E-state index contributed by atoms with van der Waals surface area (Å²) in [6.45, 7) is 17.3. The van der Waals surface area contributed by atoms with Crippen LogP contribution in [0.1, 0.15) is 57.9 Å². The maximum atomic E-state index is 12.1. The summed E-state index contributed by atoms with van der Waals surface area (Å²) in [6.07, 6.45) is 6.77. The van der Waals surface area contributed by atoms with Crippen LogP contribution < -0.4 is 20.1 Å². The number of nitrogens with zero attached hydrogens (tertiary/aromatic N) is 3. The van der Waals surface area contributed by atoms with E-state index in [0.717, 1.165) is 77.5 Å². The Bertz CT molecular complexity index is 1710. The van der Waals surface area contributed by atoms with Gasteiger partial charge in [0.1, 0.15) is 34.7 Å². The first-order chi connectivity index (χ1) is 22.0. The predicted molar refractivity (Wildman–Crippen MR) is 180 cm³/mol. The van der Waals surface area contributed by atoms with Gasteiger partial charge in [0.2, 0.25) is 5.36 Å². The Balaban J connectivity index is 1.84. The van der Waals surface area contributed by atoms with E-state index in [1.165, 1.54) is 12.1 Å². The van der Waals surface area contributed by atoms with Crippen LogP contribution in [0.25, 0.3) is 17.4 Å². The zero-order valence-corrected chi connectivity index (χ0v) is 29.1. The molecule has 1 aromatic carbocycles. The van der Waals surface area contributed by atoms with E-state index in [4.69, 9.17) is 4.42 Å². The van der Waals surface area contributed by atoms with Gasteiger partial charge in [-0.15, -0.1) is 0 Å². The molecule has 4 rings (SSSR count). The van der Waals surface area contributed by atoms with Gasteiger partial charge in [-0.1, -0.05) is 32.1 Å². The summed E-state index contributed by atoms with van der Waals surface area (Å²) in [6, 6.07) is 13.0. The zero-order valence-electron chi connectivity index (χ0n) is 27.4. The van der Waals surface area contributed by atoms with Crippen LogP contribution in [-0.2, 0) is 24.9 Å². The van der Waals surface area contributed by atoms with Crippen molar-refractivity contribution in [1.29, 1.82) is 0 Å². The summed E-state index contributed by atoms with van der Waals surface area (Å²) < 4.78 is 49.0. The molecule has 0 N–H and O–H groups in total. The van der Waals surface area contributed by atoms with Crippen molar-refractivity contribution in [3.63, 3.8) is 0 Å². The molecule has 0 saturated heterocycles. The molecule has 10 nitrogen and oxygen atoms in total. The maximum Gasteiger partial charge on any atom is 0.203 e. The minimum Gasteiger partial charge on any atom is -0.744 e. The molecular weight excluding hydrogens is 627 g/mol. The average molecular weight is 671 g/mol. The molecule has 1 atom stereocenters. The molecule has 2 aliphatic heterocycles. The van der Waals surface area contributed by atoms with Gasteiger partial charge in [0.15, 0.2) is 0 Å². The summed E-state index contributed by atoms with van der Waals surface area (Å²) in [7, 11) is -4.67. The zero-order chi connectivity index (χ0) is 33.5. The van der Waals surface area contributed by atoms with Gasteiger partial charge in [-0.2, -0.15) is 4.33 Å². The van der Waals surface area contributed by atoms with Crippen LogP contribution in [0.4, 0.5) is 5.69 Å². The highest BCUT2D eigenvalue weighted by molar-refractivity contribution is 7.94. The summed E-state index contributed by atoms with van der Waals surface area (Å²) in [5.74, 6) is 2.08. The third-order valence-corrected chi connectivity index (χ3v) is 10.1. The highest BCUT2D eigenvalue weighted by Gasteiger charge is 2.44. The molecule has 0 fully saturated rings. The lowest BCUT2D eigenvalue weighted by atomic mass is 9.80. The Hall–Kier alpha value is -2.97. The van der Waals surface area contributed by atoms with Gasteiger partial charge in [-0.3, -0.25) is 5.04 Å². The van der Waals surface area contributed by atoms with Gasteiger partial charge in [0.05, 0.1) is 11.0 Å². The average Bonchev–Trinajstić information content (AvgIpc) is 3.26. The summed E-state index contributed by atoms with van der Waals surface area (Å²) >= 11 is 0.906. The van der Waals surface area contributed by atoms with E-state index in [9.17, 15) is 18.2 Å². The van der Waals surface area contributed by atoms with Gasteiger partial charge >= 0.3 is 0 Å². The van der Waals surface area contributed by atoms with Gasteiger partial charge in [0.25, 0.3) is 0 Å². The summed E-state index contributed by atoms with van der Waals surface area (Å²) in [4.78, 5) is 4.15. The number of rotatable bonds is 15. The Labute approximate surface area is 276 Å². The SMILES string of the molecule is CCN(CC)CC1(C)/C(=C/C=C/c2cc(C)oc3cc(=[N+](CC)CC)ccc2-3)N(CCCSOO[O-])c2cc(S(=O)(=O)[O-])ccc21. The van der Waals surface area contributed by atoms with E-state index in [-0.39, 0.29) is 4.90 Å². The van der Waals surface area contributed by atoms with Crippen molar-refractivity contribution in [1.82, 2.24) is 9.48 Å². The van der Waals surface area contributed by atoms with E-state index >= 15 is 0 Å². The first kappa shape index (κ1) is 35.9. The summed E-state index contributed by atoms with van der Waals surface area (Å²) in [5, 5.41) is 14.9. The van der Waals surface area contributed by atoms with E-state index in [1.807, 2.05) is 19.1 Å². The maximum absolute atomic E-state index is 12.1. The molecule has 12 heteroatoms. The number of benzene rings is 2. The molecule has 3 aliphatic rings. The molecule has 0 aromatic heterocycles. The van der Waals surface area contributed by atoms with Crippen molar-refractivity contribution in [3.05, 3.63) is 82.6 Å². The highest BCUT2D eigenvalue weighted by atomic mass is 32.2. The molecule has 0 saturated carbocycles. The number of hydrogen-bond donors (Lipinski definition) is 0. The van der Waals surface area contributed by atoms with Gasteiger partial charge in [0, 0.05) is 59.3 Å². The van der Waals surface area contributed by atoms with Crippen LogP contribution >= 0.6 is 12.0 Å². The van der Waals surface area contributed by atoms with Crippen LogP contribution in [0, 0.1) is 6.92 Å². The van der Waals surface area contributed by atoms with Crippen molar-refractivity contribution >= 4 is 33.9 Å². The van der Waals surface area contributed by atoms with Crippen molar-refractivity contribution < 1.29 is 32.0 Å². The number of anilines is 1. The fraction of sp³-hybridized carbons (Fsp3) is 0.441. The highest BCUT2D eigenvalue weighted by Crippen LogP contribution is 2.49. The largest absolute Gasteiger partial charge is 0.744 e. The van der Waals surface area contributed by atoms with Gasteiger partial charge < -0.3 is 24.0 Å². The standard InChI is InChI=1S/C34H45N3O7S2/c1-7-35(8-2)24-34(6)30-18-16-28(46(39,40)41)23-31(30)37(19-12-20-45-44-43-38)33(34)14-11-13-26-21-25(5)42-32-22-27(15-17-29(26)32)36(9-3)10-4/h11,13-18,21-23H,7-10,12,19-20,24H2,1-6H3,(H-,38,39,40,41)/p-1. The van der Waals surface area contributed by atoms with Gasteiger partial charge in [-0.05, 0) is 88.7 Å². The lowest BCUT2D eigenvalue weighted by Gasteiger charge is -2.34. The van der Waals surface area contributed by atoms with Crippen LogP contribution in [0.15, 0.2) is 69.6 Å². The molecule has 1 aliphatic carbocycles. The van der Waals surface area contributed by atoms with Gasteiger partial charge in [-0.25, -0.2) is 13.0 Å². The number of allylic oxidation sites excluding steroid dienone is 2. The predicted octanol–water partition coefficient (Wildman–Crippen LogP) is 4.69. The van der Waals surface area contributed by atoms with E-state index in [0.29, 0.717) is 31.0 Å². The van der Waals surface area contributed by atoms with Crippen LogP contribution in [0.2, 0.25) is 0 Å². The molecule has 0 bridgehead atoms. The fourth-order valence-corrected chi connectivity index (χ4v) is 7.18. The minimum absolute atomic E-state index is 0.269. The second-order valence-corrected chi connectivity index (χ2v) is 13.6. The molecule has 0 spiro atoms. The Morgan fingerprint density at radius 1 is 1.09 bits per heavy atom. The third kappa shape index (κ3) is 7.93. The lowest BCUT2D eigenvalue weighted by molar-refractivity contribution is -0.777. The Morgan fingerprint density at radius 3 is 2.48 bits per heavy atom. The molecule has 1 aromatic rings. The quantitative estimate of drug-likeness (QED) is 0.0563. The number of fused-ring (bicyclic) bond motifs is 2. The molecule has 250 valence electrons. The molecular formula is C34H44N3O7S2-. The molecule has 2 heterocycles. The second kappa shape index (κ2) is 15.7. The minimum atomic E-state index is -4.67. The number of aryl methyl sites for hydroxylation is 1. The van der Waals surface area contributed by atoms with E-state index in [2.05, 4.69) is 88.7 Å². The van der Waals surface area contributed by atoms with Crippen molar-refractivity contribution in [2.45, 2.75) is 58.3 Å².